The number of fused-ring (bicyclic) bond motifs is 2. The quantitative estimate of drug-likeness (QED) is 0.0359. The summed E-state index contributed by atoms with van der Waals surface area (Å²) in [6, 6.07) is 12.9. The number of ether oxygens (including phenoxy) is 6. The van der Waals surface area contributed by atoms with Crippen LogP contribution in [0.4, 0.5) is 14.5 Å². The fraction of sp³-hybridized carbons (Fsp3) is 0.413. The van der Waals surface area contributed by atoms with Crippen molar-refractivity contribution >= 4 is 57.9 Å². The molecule has 3 aliphatic rings. The molecule has 1 aromatic heterocycles. The first-order chi connectivity index (χ1) is 32.8. The Labute approximate surface area is 387 Å². The maximum atomic E-state index is 13.5. The van der Waals surface area contributed by atoms with Gasteiger partial charge >= 0.3 is 0 Å². The van der Waals surface area contributed by atoms with Crippen molar-refractivity contribution in [2.24, 2.45) is 0 Å². The number of hydrogen-bond acceptors (Lipinski definition) is 14. The third-order valence-electron chi connectivity index (χ3n) is 11.1. The molecule has 0 aliphatic carbocycles. The molecule has 7 rings (SSSR count). The van der Waals surface area contributed by atoms with Gasteiger partial charge in [-0.2, -0.15) is 0 Å². The zero-order valence-corrected chi connectivity index (χ0v) is 36.8. The van der Waals surface area contributed by atoms with E-state index in [-0.39, 0.29) is 99.4 Å². The third-order valence-corrected chi connectivity index (χ3v) is 11.1. The van der Waals surface area contributed by atoms with Crippen LogP contribution in [-0.4, -0.2) is 154 Å². The molecular weight excluding hydrogens is 899 g/mol. The van der Waals surface area contributed by atoms with Crippen molar-refractivity contribution in [1.82, 2.24) is 25.8 Å². The first-order valence-electron chi connectivity index (χ1n) is 21.9. The Morgan fingerprint density at radius 1 is 0.765 bits per heavy atom. The van der Waals surface area contributed by atoms with Crippen molar-refractivity contribution in [1.29, 1.82) is 0 Å². The number of hydrogen-bond donors (Lipinski definition) is 5. The molecule has 0 radical (unpaired) electrons. The first kappa shape index (κ1) is 49.2. The Bertz CT molecular complexity index is 2520. The highest BCUT2D eigenvalue weighted by molar-refractivity contribution is 6.24. The van der Waals surface area contributed by atoms with Gasteiger partial charge in [0, 0.05) is 55.1 Å². The van der Waals surface area contributed by atoms with Crippen LogP contribution >= 0.6 is 0 Å². The number of carbonyl (C=O) groups is 7. The molecule has 2 fully saturated rings. The third kappa shape index (κ3) is 11.9. The SMILES string of the molecule is O=C1CCC(N2C(=O)c3cccc(OCCOCCOCCOCCOCCOCCNC(=O)c4cc5cc(N6CC[C@](O)(C(=O)NCc7cc(F)cc(F)c7)C6=O)ccc5[nH]4)c3C2=O)C(=O)N1. The van der Waals surface area contributed by atoms with E-state index in [4.69, 9.17) is 28.4 Å². The Morgan fingerprint density at radius 2 is 1.41 bits per heavy atom. The van der Waals surface area contributed by atoms with Crippen molar-refractivity contribution in [3.05, 3.63) is 94.7 Å². The van der Waals surface area contributed by atoms with Gasteiger partial charge in [0.05, 0.1) is 77.2 Å². The average Bonchev–Trinajstić information content (AvgIpc) is 3.96. The van der Waals surface area contributed by atoms with Crippen LogP contribution in [0, 0.1) is 11.6 Å². The van der Waals surface area contributed by atoms with E-state index in [1.54, 1.807) is 36.4 Å². The second kappa shape index (κ2) is 22.9. The number of nitrogens with one attached hydrogen (secondary N) is 4. The van der Waals surface area contributed by atoms with E-state index in [2.05, 4.69) is 20.9 Å². The zero-order chi connectivity index (χ0) is 48.2. The first-order valence-corrected chi connectivity index (χ1v) is 21.9. The number of imide groups is 2. The summed E-state index contributed by atoms with van der Waals surface area (Å²) in [6.45, 7) is 3.08. The van der Waals surface area contributed by atoms with Crippen LogP contribution in [0.3, 0.4) is 0 Å². The lowest BCUT2D eigenvalue weighted by atomic mass is 10.0. The van der Waals surface area contributed by atoms with E-state index >= 15 is 0 Å². The number of amides is 7. The molecule has 0 saturated carbocycles. The Kier molecular flexibility index (Phi) is 16.6. The zero-order valence-electron chi connectivity index (χ0n) is 36.8. The van der Waals surface area contributed by atoms with Crippen molar-refractivity contribution < 1.29 is 75.9 Å². The summed E-state index contributed by atoms with van der Waals surface area (Å²) in [4.78, 5) is 94.1. The van der Waals surface area contributed by atoms with Gasteiger partial charge in [-0.25, -0.2) is 8.78 Å². The minimum Gasteiger partial charge on any atom is -0.490 e. The van der Waals surface area contributed by atoms with E-state index in [1.165, 1.54) is 11.0 Å². The fourth-order valence-corrected chi connectivity index (χ4v) is 7.74. The highest BCUT2D eigenvalue weighted by Gasteiger charge is 2.52. The second-order valence-corrected chi connectivity index (χ2v) is 15.8. The summed E-state index contributed by atoms with van der Waals surface area (Å²) in [5.74, 6) is -6.06. The number of halogens is 2. The van der Waals surface area contributed by atoms with Crippen molar-refractivity contribution in [3.63, 3.8) is 0 Å². The number of aliphatic hydroxyl groups is 1. The lowest BCUT2D eigenvalue weighted by Crippen LogP contribution is -2.54. The Hall–Kier alpha value is -6.69. The second-order valence-electron chi connectivity index (χ2n) is 15.8. The molecule has 5 N–H and O–H groups in total. The maximum absolute atomic E-state index is 13.5. The number of H-pyrrole nitrogens is 1. The summed E-state index contributed by atoms with van der Waals surface area (Å²) in [6.07, 6.45) is -0.116. The van der Waals surface area contributed by atoms with Crippen LogP contribution in [0.1, 0.15) is 56.0 Å². The molecule has 4 aromatic rings. The number of piperidine rings is 1. The molecule has 3 aromatic carbocycles. The summed E-state index contributed by atoms with van der Waals surface area (Å²) in [5.41, 5.74) is -0.744. The van der Waals surface area contributed by atoms with Gasteiger partial charge in [-0.05, 0) is 60.5 Å². The molecule has 0 bridgehead atoms. The summed E-state index contributed by atoms with van der Waals surface area (Å²) in [5, 5.41) is 18.9. The molecule has 22 heteroatoms. The molecule has 362 valence electrons. The van der Waals surface area contributed by atoms with Gasteiger partial charge in [0.25, 0.3) is 29.5 Å². The lowest BCUT2D eigenvalue weighted by molar-refractivity contribution is -0.149. The number of aromatic amines is 1. The summed E-state index contributed by atoms with van der Waals surface area (Å²) in [7, 11) is 0. The summed E-state index contributed by atoms with van der Waals surface area (Å²) >= 11 is 0. The van der Waals surface area contributed by atoms with Gasteiger partial charge < -0.3 is 54.0 Å². The van der Waals surface area contributed by atoms with Crippen LogP contribution in [0.25, 0.3) is 10.9 Å². The van der Waals surface area contributed by atoms with Crippen LogP contribution in [0.15, 0.2) is 60.7 Å². The number of carbonyl (C=O) groups excluding carboxylic acids is 7. The van der Waals surface area contributed by atoms with E-state index in [0.717, 1.165) is 17.0 Å². The standard InChI is InChI=1S/C46H50F2N6O14/c47-30-22-28(23-31(48)26-30)27-50-44(60)46(62)8-10-53(45(46)61)32-4-5-34-29(24-32)25-35(51-34)40(56)49-9-11-63-12-13-64-14-15-65-16-17-66-18-19-67-20-21-68-37-3-1-2-33-39(37)43(59)54(42(33)58)36-6-7-38(55)52-41(36)57/h1-5,22-26,36,51,62H,6-21,27H2,(H,49,56)(H,50,60)(H,52,55,57)/t36?,46-/m0/s1. The monoisotopic (exact) mass is 948 g/mol. The van der Waals surface area contributed by atoms with Crippen molar-refractivity contribution in [3.8, 4) is 5.75 Å². The Morgan fingerprint density at radius 3 is 2.07 bits per heavy atom. The van der Waals surface area contributed by atoms with E-state index in [1.807, 2.05) is 0 Å². The molecule has 4 heterocycles. The van der Waals surface area contributed by atoms with E-state index in [0.29, 0.717) is 68.9 Å². The van der Waals surface area contributed by atoms with E-state index in [9.17, 15) is 47.4 Å². The highest BCUT2D eigenvalue weighted by Crippen LogP contribution is 2.34. The predicted molar refractivity (Wildman–Crippen MR) is 233 cm³/mol. The molecule has 1 unspecified atom stereocenters. The molecule has 3 aliphatic heterocycles. The summed E-state index contributed by atoms with van der Waals surface area (Å²) < 4.78 is 60.4. The van der Waals surface area contributed by atoms with Gasteiger partial charge in [0.1, 0.15) is 35.7 Å². The van der Waals surface area contributed by atoms with Crippen LogP contribution in [0.2, 0.25) is 0 Å². The van der Waals surface area contributed by atoms with Crippen LogP contribution in [-0.2, 0) is 49.4 Å². The smallest absolute Gasteiger partial charge is 0.268 e. The fourth-order valence-electron chi connectivity index (χ4n) is 7.74. The molecule has 2 saturated heterocycles. The maximum Gasteiger partial charge on any atom is 0.268 e. The van der Waals surface area contributed by atoms with Gasteiger partial charge in [-0.15, -0.1) is 0 Å². The highest BCUT2D eigenvalue weighted by atomic mass is 19.1. The number of aromatic nitrogens is 1. The van der Waals surface area contributed by atoms with Gasteiger partial charge in [0.2, 0.25) is 17.4 Å². The normalized spacial score (nSPS) is 18.1. The minimum atomic E-state index is -2.37. The van der Waals surface area contributed by atoms with Crippen LogP contribution < -0.4 is 25.6 Å². The molecule has 7 amide bonds. The van der Waals surface area contributed by atoms with Gasteiger partial charge in [-0.1, -0.05) is 6.07 Å². The molecular formula is C46H50F2N6O14. The Balaban J connectivity index is 0.683. The molecule has 0 spiro atoms. The molecule has 2 atom stereocenters. The van der Waals surface area contributed by atoms with Crippen LogP contribution in [0.5, 0.6) is 5.75 Å². The lowest BCUT2D eigenvalue weighted by Gasteiger charge is -2.27. The largest absolute Gasteiger partial charge is 0.490 e. The number of anilines is 1. The number of nitrogens with zero attached hydrogens (tertiary/aromatic N) is 2. The number of benzene rings is 3. The number of rotatable bonds is 25. The molecule has 68 heavy (non-hydrogen) atoms. The molecule has 20 nitrogen and oxygen atoms in total. The predicted octanol–water partition coefficient (Wildman–Crippen LogP) is 1.52. The topological polar surface area (TPSA) is 253 Å². The van der Waals surface area contributed by atoms with Gasteiger partial charge in [-0.3, -0.25) is 43.8 Å². The van der Waals surface area contributed by atoms with Crippen molar-refractivity contribution in [2.45, 2.75) is 37.5 Å². The minimum absolute atomic E-state index is 0.0273. The average molecular weight is 949 g/mol. The van der Waals surface area contributed by atoms with E-state index < -0.39 is 58.7 Å². The van der Waals surface area contributed by atoms with Gasteiger partial charge in [0.15, 0.2) is 0 Å². The van der Waals surface area contributed by atoms with Crippen molar-refractivity contribution in [2.75, 3.05) is 90.7 Å².